The van der Waals surface area contributed by atoms with E-state index >= 15 is 0 Å². The monoisotopic (exact) mass is 1910 g/mol. The van der Waals surface area contributed by atoms with E-state index in [1.807, 2.05) is 0 Å². The van der Waals surface area contributed by atoms with Gasteiger partial charge in [0.1, 0.15) is 46.0 Å². The molecule has 0 atom stereocenters. The summed E-state index contributed by atoms with van der Waals surface area (Å²) in [5.74, 6) is 6.53. The summed E-state index contributed by atoms with van der Waals surface area (Å²) in [6.45, 7) is 22.6. The van der Waals surface area contributed by atoms with Gasteiger partial charge >= 0.3 is 0 Å². The van der Waals surface area contributed by atoms with E-state index in [4.69, 9.17) is 37.9 Å². The van der Waals surface area contributed by atoms with Crippen molar-refractivity contribution in [2.45, 2.75) is 158 Å². The second kappa shape index (κ2) is 50.6. The van der Waals surface area contributed by atoms with Crippen molar-refractivity contribution >= 4 is 136 Å². The molecule has 16 aromatic carbocycles. The molecular weight excluding hydrogens is 1780 g/mol. The molecule has 0 aromatic heterocycles. The van der Waals surface area contributed by atoms with Crippen molar-refractivity contribution in [1.29, 1.82) is 0 Å². The van der Waals surface area contributed by atoms with Gasteiger partial charge in [-0.3, -0.25) is 0 Å². The minimum absolute atomic E-state index is 0.632. The van der Waals surface area contributed by atoms with E-state index in [2.05, 4.69) is 483 Å². The molecule has 0 aliphatic carbocycles. The molecule has 16 aromatic rings. The minimum atomic E-state index is 0.632. The minimum Gasteiger partial charge on any atom is -0.494 e. The summed E-state index contributed by atoms with van der Waals surface area (Å²) in [6.07, 6.45) is 15.9. The third-order valence-corrected chi connectivity index (χ3v) is 25.7. The number of ether oxygens (including phenoxy) is 8. The Labute approximate surface area is 853 Å². The third-order valence-electron chi connectivity index (χ3n) is 25.7. The van der Waals surface area contributed by atoms with Crippen LogP contribution in [0.5, 0.6) is 46.0 Å². The first-order valence-corrected chi connectivity index (χ1v) is 52.1. The smallest absolute Gasteiger partial charge is 0.119 e. The summed E-state index contributed by atoms with van der Waals surface area (Å²) in [6, 6.07) is 140. The van der Waals surface area contributed by atoms with Gasteiger partial charge in [0.05, 0.1) is 52.9 Å². The van der Waals surface area contributed by atoms with Crippen molar-refractivity contribution in [3.8, 4) is 46.0 Å². The molecule has 0 radical (unpaired) electrons. The average Bonchev–Trinajstić information content (AvgIpc) is 0.774. The van der Waals surface area contributed by atoms with Crippen LogP contribution in [-0.4, -0.2) is 52.9 Å². The molecule has 736 valence electrons. The molecule has 0 fully saturated rings. The van der Waals surface area contributed by atoms with E-state index in [0.29, 0.717) is 52.9 Å². The van der Waals surface area contributed by atoms with Crippen molar-refractivity contribution in [3.05, 3.63) is 388 Å². The molecule has 0 saturated carbocycles. The quantitative estimate of drug-likeness (QED) is 0.0340. The van der Waals surface area contributed by atoms with Gasteiger partial charge in [-0.15, -0.1) is 0 Å². The summed E-state index contributed by atoms with van der Waals surface area (Å²) in [7, 11) is 0. The molecular formula is C128H136N8O8. The average molecular weight is 1910 g/mol. The van der Waals surface area contributed by atoms with Crippen LogP contribution in [0, 0.1) is 0 Å². The Bertz CT molecular complexity index is 5430. The second-order valence-corrected chi connectivity index (χ2v) is 36.4. The van der Waals surface area contributed by atoms with Crippen LogP contribution in [0.2, 0.25) is 0 Å². The van der Waals surface area contributed by atoms with Crippen molar-refractivity contribution in [2.24, 2.45) is 0 Å². The highest BCUT2D eigenvalue weighted by Crippen LogP contribution is 2.51. The first kappa shape index (κ1) is 99.9. The van der Waals surface area contributed by atoms with Gasteiger partial charge in [-0.1, -0.05) is 131 Å². The normalized spacial score (nSPS) is 12.2. The maximum absolute atomic E-state index is 6.40. The Morgan fingerprint density at radius 1 is 0.118 bits per heavy atom. The Kier molecular flexibility index (Phi) is 35.1. The summed E-state index contributed by atoms with van der Waals surface area (Å²) in [5.41, 5.74) is 22.7. The maximum atomic E-state index is 6.40. The molecule has 0 unspecified atom stereocenters. The molecule has 23 rings (SSSR count). The summed E-state index contributed by atoms with van der Waals surface area (Å²) in [4.78, 5) is 18.8. The number of hydrogen-bond donors (Lipinski definition) is 0. The summed E-state index contributed by atoms with van der Waals surface area (Å²) in [5, 5.41) is 0. The Balaban J connectivity index is 0.879. The van der Waals surface area contributed by atoms with Gasteiger partial charge in [-0.25, -0.2) is 0 Å². The predicted molar refractivity (Wildman–Crippen MR) is 601 cm³/mol. The largest absolute Gasteiger partial charge is 0.494 e. The molecule has 16 heteroatoms. The van der Waals surface area contributed by atoms with Gasteiger partial charge in [-0.05, 0) is 415 Å². The fraction of sp³-hybridized carbons (Fsp3) is 0.250. The first-order chi connectivity index (χ1) is 71.1. The zero-order chi connectivity index (χ0) is 99.0. The lowest BCUT2D eigenvalue weighted by molar-refractivity contribution is 0.309. The Morgan fingerprint density at radius 3 is 0.299 bits per heavy atom. The Morgan fingerprint density at radius 2 is 0.208 bits per heavy atom. The molecule has 144 heavy (non-hydrogen) atoms. The van der Waals surface area contributed by atoms with E-state index < -0.39 is 0 Å². The summed E-state index contributed by atoms with van der Waals surface area (Å²) >= 11 is 0. The number of benzene rings is 16. The van der Waals surface area contributed by atoms with Crippen molar-refractivity contribution < 1.29 is 37.9 Å². The molecule has 7 heterocycles. The van der Waals surface area contributed by atoms with Gasteiger partial charge in [0, 0.05) is 136 Å². The second-order valence-electron chi connectivity index (χ2n) is 36.4. The molecule has 16 bridgehead atoms. The van der Waals surface area contributed by atoms with Crippen LogP contribution in [0.4, 0.5) is 136 Å². The molecule has 16 nitrogen and oxygen atoms in total. The van der Waals surface area contributed by atoms with Crippen molar-refractivity contribution in [3.63, 3.8) is 0 Å². The molecule has 0 spiro atoms. The lowest BCUT2D eigenvalue weighted by atomic mass is 10.1. The topological polar surface area (TPSA) is 99.8 Å². The van der Waals surface area contributed by atoms with E-state index in [-0.39, 0.29) is 0 Å². The predicted octanol–water partition coefficient (Wildman–Crippen LogP) is 37.2. The van der Waals surface area contributed by atoms with Gasteiger partial charge in [-0.2, -0.15) is 0 Å². The Hall–Kier alpha value is -15.7. The van der Waals surface area contributed by atoms with Gasteiger partial charge in [0.15, 0.2) is 0 Å². The van der Waals surface area contributed by atoms with Crippen molar-refractivity contribution in [1.82, 2.24) is 0 Å². The van der Waals surface area contributed by atoms with Crippen LogP contribution < -0.4 is 77.1 Å². The van der Waals surface area contributed by atoms with Gasteiger partial charge < -0.3 is 77.1 Å². The van der Waals surface area contributed by atoms with Crippen LogP contribution in [0.1, 0.15) is 158 Å². The maximum Gasteiger partial charge on any atom is 0.119 e. The number of unbranched alkanes of at least 4 members (excludes halogenated alkanes) is 8. The van der Waals surface area contributed by atoms with Gasteiger partial charge in [0.25, 0.3) is 0 Å². The molecule has 7 aliphatic heterocycles. The fourth-order valence-electron chi connectivity index (χ4n) is 17.9. The van der Waals surface area contributed by atoms with E-state index in [9.17, 15) is 0 Å². The molecule has 0 saturated heterocycles. The number of rotatable bonds is 40. The highest BCUT2D eigenvalue weighted by molar-refractivity contribution is 5.92. The van der Waals surface area contributed by atoms with E-state index in [1.54, 1.807) is 0 Å². The number of anilines is 24. The van der Waals surface area contributed by atoms with Crippen molar-refractivity contribution in [2.75, 3.05) is 92.1 Å². The SMILES string of the molecule is CCCCOc1ccc(N2c3ccc(cc3)N(c3ccc(OCCCC)cc3)c3cccc(c3)N(c3ccc(OCCCC)cc3)c3ccc(cc3)N(c3ccc(OCCCC)cc3)c3cccc(c3)N(c3ccc(OCCCC)cc3)c3ccc(cc3)N(c3ccc(OCCCC)cc3)c3cccc(c3)N(c3ccc(OCCCC)cc3)c3ccc(cc3)N(c3ccc(OCCCC)cc3)c3cccc2c3)cc1. The van der Waals surface area contributed by atoms with Crippen LogP contribution in [-0.2, 0) is 0 Å². The molecule has 7 aliphatic rings. The van der Waals surface area contributed by atoms with Crippen LogP contribution in [0.15, 0.2) is 388 Å². The number of hydrogen-bond acceptors (Lipinski definition) is 16. The zero-order valence-corrected chi connectivity index (χ0v) is 84.8. The van der Waals surface area contributed by atoms with Crippen LogP contribution in [0.25, 0.3) is 0 Å². The lowest BCUT2D eigenvalue weighted by Gasteiger charge is -2.32. The molecule has 0 amide bonds. The highest BCUT2D eigenvalue weighted by Gasteiger charge is 2.27. The lowest BCUT2D eigenvalue weighted by Crippen LogP contribution is -2.15. The summed E-state index contributed by atoms with van der Waals surface area (Å²) < 4.78 is 51.2. The first-order valence-electron chi connectivity index (χ1n) is 52.1. The highest BCUT2D eigenvalue weighted by atomic mass is 16.5. The van der Waals surface area contributed by atoms with Crippen LogP contribution >= 0.6 is 0 Å². The standard InChI is InChI=1S/C128H136N8O8/c1-9-17-85-137-121-69-53-105(54-70-121)129-97-37-39-98(40-38-97)131(107-57-73-123(74-58-107)139-87-19-11-3)115-31-26-32-116(94-115)133(109-61-77-125(78-62-109)141-89-21-13-5)101-45-47-102(48-46-101)135(111-65-81-127(82-66-111)143-91-23-15-7)119-35-28-36-120(96-119)136(112-67-83-128(84-68-112)144-92-24-16-8)104-51-49-103(50-52-104)134(110-63-79-126(80-64-110)142-90-22-14-6)118-34-27-33-117(95-118)132(108-59-75-124(76-60-108)140-88-20-12-4)100-43-41-99(42-44-100)130(114-30-25-29-113(129)93-114)106-55-71-122(72-56-106)138-86-18-10-2/h25-84,93-96H,9-24,85-92H2,1-8H3. The van der Waals surface area contributed by atoms with E-state index in [1.165, 1.54) is 0 Å². The molecule has 0 N–H and O–H groups in total. The fourth-order valence-corrected chi connectivity index (χ4v) is 17.9. The van der Waals surface area contributed by atoms with Gasteiger partial charge in [0.2, 0.25) is 0 Å². The van der Waals surface area contributed by atoms with E-state index in [0.717, 1.165) is 285 Å². The third kappa shape index (κ3) is 25.2. The number of nitrogens with zero attached hydrogens (tertiary/aromatic N) is 8. The van der Waals surface area contributed by atoms with Crippen LogP contribution in [0.3, 0.4) is 0 Å². The zero-order valence-electron chi connectivity index (χ0n) is 84.8.